The summed E-state index contributed by atoms with van der Waals surface area (Å²) in [6.45, 7) is 1.60. The first-order valence-electron chi connectivity index (χ1n) is 14.5. The molecule has 0 aliphatic heterocycles. The quantitative estimate of drug-likeness (QED) is 0.307. The minimum atomic E-state index is -3.91. The lowest BCUT2D eigenvalue weighted by Crippen LogP contribution is -2.54. The molecule has 1 atom stereocenters. The fourth-order valence-corrected chi connectivity index (χ4v) is 6.33. The number of nitrogens with one attached hydrogen (secondary N) is 1. The van der Waals surface area contributed by atoms with Gasteiger partial charge < -0.3 is 19.7 Å². The number of benzene rings is 3. The summed E-state index contributed by atoms with van der Waals surface area (Å²) < 4.78 is 37.9. The van der Waals surface area contributed by atoms with Crippen LogP contribution in [0.5, 0.6) is 11.5 Å². The molecule has 0 radical (unpaired) electrons. The molecule has 1 unspecified atom stereocenters. The van der Waals surface area contributed by atoms with E-state index in [0.29, 0.717) is 11.5 Å². The Morgan fingerprint density at radius 3 is 2.21 bits per heavy atom. The molecule has 1 aliphatic carbocycles. The Hall–Kier alpha value is -4.05. The van der Waals surface area contributed by atoms with Crippen LogP contribution in [-0.2, 0) is 32.6 Å². The van der Waals surface area contributed by atoms with Gasteiger partial charge >= 0.3 is 0 Å². The third kappa shape index (κ3) is 8.28. The SMILES string of the molecule is COc1ccc(N(CC(=O)N(Cc2ccccc2C)C(Cc2ccccc2)C(=O)NC2CCCC2)S(C)(=O)=O)cc1OC. The second kappa shape index (κ2) is 14.4. The Balaban J connectivity index is 1.75. The van der Waals surface area contributed by atoms with Crippen molar-refractivity contribution in [2.45, 2.75) is 57.7 Å². The normalized spacial score (nSPS) is 14.1. The summed E-state index contributed by atoms with van der Waals surface area (Å²) in [6, 6.07) is 21.1. The summed E-state index contributed by atoms with van der Waals surface area (Å²) in [7, 11) is -0.961. The van der Waals surface area contributed by atoms with Crippen molar-refractivity contribution in [2.75, 3.05) is 31.3 Å². The molecule has 2 amide bonds. The number of anilines is 1. The van der Waals surface area contributed by atoms with Gasteiger partial charge in [-0.3, -0.25) is 13.9 Å². The average Bonchev–Trinajstić information content (AvgIpc) is 3.51. The third-order valence-electron chi connectivity index (χ3n) is 7.91. The van der Waals surface area contributed by atoms with E-state index in [1.807, 2.05) is 61.5 Å². The number of ether oxygens (including phenoxy) is 2. The Kier molecular flexibility index (Phi) is 10.7. The van der Waals surface area contributed by atoms with Gasteiger partial charge in [-0.15, -0.1) is 0 Å². The van der Waals surface area contributed by atoms with E-state index in [4.69, 9.17) is 9.47 Å². The van der Waals surface area contributed by atoms with Gasteiger partial charge in [-0.05, 0) is 48.6 Å². The number of hydrogen-bond acceptors (Lipinski definition) is 6. The molecule has 1 fully saturated rings. The molecule has 43 heavy (non-hydrogen) atoms. The highest BCUT2D eigenvalue weighted by molar-refractivity contribution is 7.92. The number of rotatable bonds is 13. The topological polar surface area (TPSA) is 105 Å². The Morgan fingerprint density at radius 2 is 1.58 bits per heavy atom. The van der Waals surface area contributed by atoms with E-state index in [1.54, 1.807) is 12.1 Å². The smallest absolute Gasteiger partial charge is 0.244 e. The van der Waals surface area contributed by atoms with Crippen molar-refractivity contribution in [3.05, 3.63) is 89.5 Å². The van der Waals surface area contributed by atoms with E-state index in [9.17, 15) is 18.0 Å². The van der Waals surface area contributed by atoms with Crippen LogP contribution in [0.1, 0.15) is 42.4 Å². The summed E-state index contributed by atoms with van der Waals surface area (Å²) in [6.07, 6.45) is 5.24. The van der Waals surface area contributed by atoms with Crippen molar-refractivity contribution in [2.24, 2.45) is 0 Å². The zero-order chi connectivity index (χ0) is 31.0. The third-order valence-corrected chi connectivity index (χ3v) is 9.05. The van der Waals surface area contributed by atoms with Crippen LogP contribution in [0.2, 0.25) is 0 Å². The maximum Gasteiger partial charge on any atom is 0.244 e. The minimum absolute atomic E-state index is 0.0560. The summed E-state index contributed by atoms with van der Waals surface area (Å²) in [5, 5.41) is 3.18. The van der Waals surface area contributed by atoms with Crippen LogP contribution in [0.15, 0.2) is 72.8 Å². The number of amides is 2. The molecular weight excluding hydrogens is 566 g/mol. The van der Waals surface area contributed by atoms with Crippen molar-refractivity contribution in [3.63, 3.8) is 0 Å². The van der Waals surface area contributed by atoms with Gasteiger partial charge in [-0.2, -0.15) is 0 Å². The fraction of sp³-hybridized carbons (Fsp3) is 0.394. The summed E-state index contributed by atoms with van der Waals surface area (Å²) in [5.74, 6) is 0.0233. The van der Waals surface area contributed by atoms with Crippen molar-refractivity contribution in [1.29, 1.82) is 0 Å². The fourth-order valence-electron chi connectivity index (χ4n) is 5.49. The molecule has 4 rings (SSSR count). The lowest BCUT2D eigenvalue weighted by atomic mass is 10.0. The zero-order valence-corrected chi connectivity index (χ0v) is 26.1. The molecule has 0 bridgehead atoms. The number of sulfonamides is 1. The number of methoxy groups -OCH3 is 2. The number of carbonyl (C=O) groups excluding carboxylic acids is 2. The molecule has 0 heterocycles. The second-order valence-electron chi connectivity index (χ2n) is 11.0. The average molecular weight is 608 g/mol. The van der Waals surface area contributed by atoms with Gasteiger partial charge in [-0.1, -0.05) is 67.4 Å². The summed E-state index contributed by atoms with van der Waals surface area (Å²) in [5.41, 5.74) is 2.99. The van der Waals surface area contributed by atoms with Crippen LogP contribution >= 0.6 is 0 Å². The van der Waals surface area contributed by atoms with Gasteiger partial charge in [0.15, 0.2) is 11.5 Å². The summed E-state index contributed by atoms with van der Waals surface area (Å²) >= 11 is 0. The highest BCUT2D eigenvalue weighted by Crippen LogP contribution is 2.32. The second-order valence-corrected chi connectivity index (χ2v) is 12.9. The predicted octanol–water partition coefficient (Wildman–Crippen LogP) is 4.48. The first kappa shape index (κ1) is 31.9. The Morgan fingerprint density at radius 1 is 0.930 bits per heavy atom. The van der Waals surface area contributed by atoms with E-state index in [1.165, 1.54) is 25.2 Å². The first-order valence-corrected chi connectivity index (χ1v) is 16.3. The number of hydrogen-bond donors (Lipinski definition) is 1. The molecule has 1 N–H and O–H groups in total. The number of carbonyl (C=O) groups is 2. The van der Waals surface area contributed by atoms with Gasteiger partial charge in [0, 0.05) is 25.1 Å². The van der Waals surface area contributed by atoms with E-state index in [0.717, 1.165) is 52.9 Å². The first-order chi connectivity index (χ1) is 20.6. The molecule has 1 aliphatic rings. The highest BCUT2D eigenvalue weighted by atomic mass is 32.2. The van der Waals surface area contributed by atoms with Gasteiger partial charge in [0.25, 0.3) is 0 Å². The van der Waals surface area contributed by atoms with E-state index in [-0.39, 0.29) is 30.6 Å². The monoisotopic (exact) mass is 607 g/mol. The predicted molar refractivity (Wildman–Crippen MR) is 168 cm³/mol. The largest absolute Gasteiger partial charge is 0.493 e. The molecule has 10 heteroatoms. The molecule has 0 spiro atoms. The van der Waals surface area contributed by atoms with E-state index < -0.39 is 28.5 Å². The van der Waals surface area contributed by atoms with Crippen molar-refractivity contribution in [3.8, 4) is 11.5 Å². The standard InChI is InChI=1S/C33H41N3O6S/c1-24-12-8-9-15-26(24)22-35(29(20-25-13-6-5-7-14-25)33(38)34-27-16-10-11-17-27)32(37)23-36(43(4,39)40)28-18-19-30(41-2)31(21-28)42-3/h5-9,12-15,18-19,21,27,29H,10-11,16-17,20,22-23H2,1-4H3,(H,34,38). The van der Waals surface area contributed by atoms with Crippen LogP contribution in [0.4, 0.5) is 5.69 Å². The maximum absolute atomic E-state index is 14.3. The Bertz CT molecular complexity index is 1510. The lowest BCUT2D eigenvalue weighted by molar-refractivity contribution is -0.140. The Labute approximate surface area is 254 Å². The maximum atomic E-state index is 14.3. The highest BCUT2D eigenvalue weighted by Gasteiger charge is 2.34. The molecule has 3 aromatic carbocycles. The van der Waals surface area contributed by atoms with Gasteiger partial charge in [0.1, 0.15) is 12.6 Å². The number of nitrogens with zero attached hydrogens (tertiary/aromatic N) is 2. The molecule has 9 nitrogen and oxygen atoms in total. The zero-order valence-electron chi connectivity index (χ0n) is 25.3. The van der Waals surface area contributed by atoms with Gasteiger partial charge in [0.2, 0.25) is 21.8 Å². The molecule has 0 saturated heterocycles. The van der Waals surface area contributed by atoms with Crippen LogP contribution < -0.4 is 19.1 Å². The van der Waals surface area contributed by atoms with Gasteiger partial charge in [0.05, 0.1) is 26.2 Å². The lowest BCUT2D eigenvalue weighted by Gasteiger charge is -2.34. The van der Waals surface area contributed by atoms with Crippen LogP contribution in [0, 0.1) is 6.92 Å². The van der Waals surface area contributed by atoms with Gasteiger partial charge in [-0.25, -0.2) is 8.42 Å². The van der Waals surface area contributed by atoms with Crippen molar-refractivity contribution >= 4 is 27.5 Å². The molecule has 0 aromatic heterocycles. The summed E-state index contributed by atoms with van der Waals surface area (Å²) in [4.78, 5) is 29.8. The van der Waals surface area contributed by atoms with Crippen LogP contribution in [-0.4, -0.2) is 64.2 Å². The van der Waals surface area contributed by atoms with Crippen molar-refractivity contribution in [1.82, 2.24) is 10.2 Å². The molecule has 3 aromatic rings. The van der Waals surface area contributed by atoms with Crippen LogP contribution in [0.25, 0.3) is 0 Å². The van der Waals surface area contributed by atoms with E-state index in [2.05, 4.69) is 5.32 Å². The molecule has 230 valence electrons. The molecular formula is C33H41N3O6S. The minimum Gasteiger partial charge on any atom is -0.493 e. The van der Waals surface area contributed by atoms with E-state index >= 15 is 0 Å². The molecule has 1 saturated carbocycles. The van der Waals surface area contributed by atoms with Crippen molar-refractivity contribution < 1.29 is 27.5 Å². The van der Waals surface area contributed by atoms with Crippen LogP contribution in [0.3, 0.4) is 0 Å². The number of aryl methyl sites for hydroxylation is 1.